The van der Waals surface area contributed by atoms with Gasteiger partial charge in [-0.15, -0.1) is 12.3 Å². The number of aliphatic carboxylic acids is 1. The Hall–Kier alpha value is -1.54. The molecule has 0 aliphatic rings. The second kappa shape index (κ2) is 6.92. The molecule has 1 amide bonds. The van der Waals surface area contributed by atoms with Crippen LogP contribution in [0, 0.1) is 12.3 Å². The molecule has 0 aromatic carbocycles. The first-order chi connectivity index (χ1) is 6.57. The van der Waals surface area contributed by atoms with Gasteiger partial charge in [0.15, 0.2) is 0 Å². The number of hydrogen-bond acceptors (Lipinski definition) is 3. The van der Waals surface area contributed by atoms with E-state index >= 15 is 0 Å². The van der Waals surface area contributed by atoms with E-state index in [4.69, 9.17) is 17.3 Å². The van der Waals surface area contributed by atoms with E-state index in [0.29, 0.717) is 13.0 Å². The average molecular weight is 198 g/mol. The lowest BCUT2D eigenvalue weighted by Crippen LogP contribution is -2.38. The van der Waals surface area contributed by atoms with Crippen LogP contribution in [-0.2, 0) is 9.59 Å². The molecule has 0 heterocycles. The molecule has 0 aliphatic heterocycles. The van der Waals surface area contributed by atoms with Crippen LogP contribution in [0.15, 0.2) is 0 Å². The maximum absolute atomic E-state index is 10.6. The highest BCUT2D eigenvalue weighted by molar-refractivity contribution is 5.77. The summed E-state index contributed by atoms with van der Waals surface area (Å²) in [5.41, 5.74) is 4.90. The molecular weight excluding hydrogens is 184 g/mol. The molecule has 4 N–H and O–H groups in total. The minimum Gasteiger partial charge on any atom is -0.480 e. The largest absolute Gasteiger partial charge is 0.480 e. The summed E-state index contributed by atoms with van der Waals surface area (Å²) in [5, 5.41) is 11.4. The lowest BCUT2D eigenvalue weighted by Gasteiger charge is -2.11. The number of primary amides is 1. The molecule has 0 saturated heterocycles. The average Bonchev–Trinajstić information content (AvgIpc) is 2.10. The van der Waals surface area contributed by atoms with Crippen LogP contribution >= 0.6 is 0 Å². The van der Waals surface area contributed by atoms with Gasteiger partial charge in [0.2, 0.25) is 5.91 Å². The van der Waals surface area contributed by atoms with Gasteiger partial charge >= 0.3 is 5.97 Å². The molecule has 0 aliphatic carbocycles. The van der Waals surface area contributed by atoms with E-state index in [0.717, 1.165) is 0 Å². The van der Waals surface area contributed by atoms with Crippen LogP contribution in [0.4, 0.5) is 0 Å². The van der Waals surface area contributed by atoms with Crippen LogP contribution in [0.2, 0.25) is 0 Å². The van der Waals surface area contributed by atoms with Gasteiger partial charge in [0.05, 0.1) is 0 Å². The second-order valence-corrected chi connectivity index (χ2v) is 2.80. The van der Waals surface area contributed by atoms with Gasteiger partial charge < -0.3 is 16.2 Å². The smallest absolute Gasteiger partial charge is 0.320 e. The third-order valence-electron chi connectivity index (χ3n) is 1.64. The van der Waals surface area contributed by atoms with Gasteiger partial charge in [0.1, 0.15) is 6.04 Å². The molecule has 14 heavy (non-hydrogen) atoms. The lowest BCUT2D eigenvalue weighted by molar-refractivity contribution is -0.139. The van der Waals surface area contributed by atoms with Crippen molar-refractivity contribution in [2.75, 3.05) is 6.54 Å². The third-order valence-corrected chi connectivity index (χ3v) is 1.64. The van der Waals surface area contributed by atoms with E-state index in [1.807, 2.05) is 0 Å². The Morgan fingerprint density at radius 3 is 2.64 bits per heavy atom. The molecule has 0 spiro atoms. The number of carboxylic acids is 1. The molecule has 5 nitrogen and oxygen atoms in total. The van der Waals surface area contributed by atoms with Gasteiger partial charge in [0, 0.05) is 19.4 Å². The fraction of sp³-hybridized carbons (Fsp3) is 0.556. The van der Waals surface area contributed by atoms with Crippen LogP contribution < -0.4 is 11.1 Å². The highest BCUT2D eigenvalue weighted by atomic mass is 16.4. The third kappa shape index (κ3) is 6.03. The summed E-state index contributed by atoms with van der Waals surface area (Å²) in [6.45, 7) is 0.423. The van der Waals surface area contributed by atoms with Crippen molar-refractivity contribution in [3.63, 3.8) is 0 Å². The van der Waals surface area contributed by atoms with Crippen LogP contribution in [0.3, 0.4) is 0 Å². The molecule has 5 heteroatoms. The van der Waals surface area contributed by atoms with E-state index in [9.17, 15) is 9.59 Å². The maximum Gasteiger partial charge on any atom is 0.320 e. The Bertz CT molecular complexity index is 245. The predicted octanol–water partition coefficient (Wildman–Crippen LogP) is -0.682. The zero-order valence-corrected chi connectivity index (χ0v) is 7.82. The summed E-state index contributed by atoms with van der Waals surface area (Å²) in [7, 11) is 0. The quantitative estimate of drug-likeness (QED) is 0.373. The van der Waals surface area contributed by atoms with Crippen LogP contribution in [0.25, 0.3) is 0 Å². The Balaban J connectivity index is 3.85. The second-order valence-electron chi connectivity index (χ2n) is 2.80. The fourth-order valence-electron chi connectivity index (χ4n) is 0.918. The van der Waals surface area contributed by atoms with Crippen LogP contribution in [0.1, 0.15) is 19.3 Å². The minimum atomic E-state index is -0.997. The number of carboxylic acid groups (broad SMARTS) is 1. The van der Waals surface area contributed by atoms with Crippen molar-refractivity contribution < 1.29 is 14.7 Å². The summed E-state index contributed by atoms with van der Waals surface area (Å²) in [6, 6.07) is -0.754. The molecule has 0 bridgehead atoms. The number of carbonyl (C=O) groups is 2. The topological polar surface area (TPSA) is 92.4 Å². The molecule has 0 aromatic heterocycles. The first-order valence-corrected chi connectivity index (χ1v) is 4.26. The summed E-state index contributed by atoms with van der Waals surface area (Å²) in [5.74, 6) is 0.878. The number of hydrogen-bond donors (Lipinski definition) is 3. The Labute approximate surface area is 82.7 Å². The normalized spacial score (nSPS) is 11.6. The van der Waals surface area contributed by atoms with Gasteiger partial charge in [-0.05, 0) is 6.42 Å². The van der Waals surface area contributed by atoms with Crippen LogP contribution in [0.5, 0.6) is 0 Å². The summed E-state index contributed by atoms with van der Waals surface area (Å²) in [6.07, 6.45) is 5.71. The zero-order valence-electron chi connectivity index (χ0n) is 7.82. The van der Waals surface area contributed by atoms with E-state index in [-0.39, 0.29) is 12.8 Å². The minimum absolute atomic E-state index is 0.0556. The molecule has 0 aromatic rings. The standard InChI is InChI=1S/C9H14N2O3/c1-2-3-6-11-7(9(13)14)4-5-8(10)12/h1,7,11H,3-6H2,(H2,10,12)(H,13,14)/t7-/m0/s1. The molecule has 0 fully saturated rings. The first-order valence-electron chi connectivity index (χ1n) is 4.26. The Morgan fingerprint density at radius 1 is 1.57 bits per heavy atom. The van der Waals surface area contributed by atoms with Gasteiger partial charge in [-0.2, -0.15) is 0 Å². The first kappa shape index (κ1) is 12.5. The van der Waals surface area contributed by atoms with Crippen molar-refractivity contribution in [2.24, 2.45) is 5.73 Å². The number of nitrogens with two attached hydrogens (primary N) is 1. The number of amides is 1. The number of carbonyl (C=O) groups excluding carboxylic acids is 1. The number of nitrogens with one attached hydrogen (secondary N) is 1. The van der Waals surface area contributed by atoms with E-state index < -0.39 is 17.9 Å². The van der Waals surface area contributed by atoms with Gasteiger partial charge in [-0.1, -0.05) is 0 Å². The molecule has 0 unspecified atom stereocenters. The lowest BCUT2D eigenvalue weighted by atomic mass is 10.1. The predicted molar refractivity (Wildman–Crippen MR) is 51.3 cm³/mol. The van der Waals surface area contributed by atoms with Crippen molar-refractivity contribution in [3.8, 4) is 12.3 Å². The van der Waals surface area contributed by atoms with Gasteiger partial charge in [0.25, 0.3) is 0 Å². The molecule has 78 valence electrons. The number of rotatable bonds is 7. The summed E-state index contributed by atoms with van der Waals surface area (Å²) >= 11 is 0. The highest BCUT2D eigenvalue weighted by Crippen LogP contribution is 1.97. The van der Waals surface area contributed by atoms with Crippen molar-refractivity contribution in [1.29, 1.82) is 0 Å². The van der Waals surface area contributed by atoms with Gasteiger partial charge in [-0.3, -0.25) is 9.59 Å². The van der Waals surface area contributed by atoms with Crippen molar-refractivity contribution >= 4 is 11.9 Å². The van der Waals surface area contributed by atoms with E-state index in [1.54, 1.807) is 0 Å². The molecular formula is C9H14N2O3. The molecule has 0 rings (SSSR count). The fourth-order valence-corrected chi connectivity index (χ4v) is 0.918. The molecule has 0 radical (unpaired) electrons. The summed E-state index contributed by atoms with van der Waals surface area (Å²) in [4.78, 5) is 21.1. The van der Waals surface area contributed by atoms with Crippen molar-refractivity contribution in [3.05, 3.63) is 0 Å². The maximum atomic E-state index is 10.6. The molecule has 0 saturated carbocycles. The van der Waals surface area contributed by atoms with Crippen LogP contribution in [-0.4, -0.2) is 29.6 Å². The molecule has 1 atom stereocenters. The van der Waals surface area contributed by atoms with Gasteiger partial charge in [-0.25, -0.2) is 0 Å². The van der Waals surface area contributed by atoms with E-state index in [1.165, 1.54) is 0 Å². The van der Waals surface area contributed by atoms with Crippen molar-refractivity contribution in [2.45, 2.75) is 25.3 Å². The zero-order chi connectivity index (χ0) is 11.0. The summed E-state index contributed by atoms with van der Waals surface area (Å²) < 4.78 is 0. The Morgan fingerprint density at radius 2 is 2.21 bits per heavy atom. The number of terminal acetylenes is 1. The monoisotopic (exact) mass is 198 g/mol. The Kier molecular flexibility index (Phi) is 6.16. The highest BCUT2D eigenvalue weighted by Gasteiger charge is 2.16. The van der Waals surface area contributed by atoms with E-state index in [2.05, 4.69) is 11.2 Å². The SMILES string of the molecule is C#CCCN[C@@H](CCC(N)=O)C(=O)O. The van der Waals surface area contributed by atoms with Crippen molar-refractivity contribution in [1.82, 2.24) is 5.32 Å².